The van der Waals surface area contributed by atoms with E-state index in [-0.39, 0.29) is 0 Å². The standard InChI is InChI=1S/C25H22ClN5O/c1-16-29-25-20(17-5-7-27-15-17)13-18(30-9-11-32-12-10-30)14-23(25)31(16)22-6-8-28-24-19(22)3-2-4-21(24)26/h2-8,13-15,27H,9-12H2,1H3. The fourth-order valence-electron chi connectivity index (χ4n) is 4.62. The Morgan fingerprint density at radius 3 is 2.75 bits per heavy atom. The number of benzene rings is 2. The Balaban J connectivity index is 1.66. The Bertz CT molecular complexity index is 1430. The summed E-state index contributed by atoms with van der Waals surface area (Å²) in [7, 11) is 0. The molecule has 7 heteroatoms. The fourth-order valence-corrected chi connectivity index (χ4v) is 4.84. The molecule has 1 fully saturated rings. The van der Waals surface area contributed by atoms with Crippen molar-refractivity contribution in [2.75, 3.05) is 31.2 Å². The highest BCUT2D eigenvalue weighted by molar-refractivity contribution is 6.35. The lowest BCUT2D eigenvalue weighted by Gasteiger charge is -2.29. The molecule has 1 aliphatic heterocycles. The average molecular weight is 444 g/mol. The van der Waals surface area contributed by atoms with Crippen LogP contribution >= 0.6 is 11.6 Å². The van der Waals surface area contributed by atoms with Crippen LogP contribution in [-0.4, -0.2) is 45.8 Å². The number of H-pyrrole nitrogens is 1. The van der Waals surface area contributed by atoms with E-state index in [1.54, 1.807) is 0 Å². The zero-order valence-corrected chi connectivity index (χ0v) is 18.4. The number of morpholine rings is 1. The molecule has 4 heterocycles. The van der Waals surface area contributed by atoms with Crippen molar-refractivity contribution in [3.05, 3.63) is 71.9 Å². The summed E-state index contributed by atoms with van der Waals surface area (Å²) in [5, 5.41) is 1.65. The van der Waals surface area contributed by atoms with E-state index in [4.69, 9.17) is 21.3 Å². The molecule has 0 saturated carbocycles. The first-order chi connectivity index (χ1) is 15.7. The van der Waals surface area contributed by atoms with Crippen LogP contribution in [0.15, 0.2) is 61.1 Å². The first kappa shape index (κ1) is 19.3. The van der Waals surface area contributed by atoms with Crippen LogP contribution in [0.25, 0.3) is 38.8 Å². The van der Waals surface area contributed by atoms with Gasteiger partial charge in [-0.3, -0.25) is 9.55 Å². The van der Waals surface area contributed by atoms with Gasteiger partial charge >= 0.3 is 0 Å². The van der Waals surface area contributed by atoms with Gasteiger partial charge in [0.25, 0.3) is 0 Å². The SMILES string of the molecule is Cc1nc2c(-c3cc[nH]c3)cc(N3CCOCC3)cc2n1-c1ccnc2c(Cl)cccc12. The van der Waals surface area contributed by atoms with Crippen molar-refractivity contribution in [2.45, 2.75) is 6.92 Å². The van der Waals surface area contributed by atoms with Crippen molar-refractivity contribution in [3.63, 3.8) is 0 Å². The van der Waals surface area contributed by atoms with Crippen molar-refractivity contribution < 1.29 is 4.74 Å². The van der Waals surface area contributed by atoms with Crippen molar-refractivity contribution in [1.29, 1.82) is 0 Å². The maximum atomic E-state index is 6.46. The van der Waals surface area contributed by atoms with Gasteiger partial charge in [-0.25, -0.2) is 4.98 Å². The molecule has 0 aliphatic carbocycles. The van der Waals surface area contributed by atoms with E-state index in [9.17, 15) is 0 Å². The van der Waals surface area contributed by atoms with Crippen LogP contribution < -0.4 is 4.90 Å². The van der Waals surface area contributed by atoms with Gasteiger partial charge in [0.2, 0.25) is 0 Å². The lowest BCUT2D eigenvalue weighted by molar-refractivity contribution is 0.122. The fraction of sp³-hybridized carbons (Fsp3) is 0.200. The van der Waals surface area contributed by atoms with E-state index in [1.165, 1.54) is 5.69 Å². The van der Waals surface area contributed by atoms with Crippen LogP contribution in [0.1, 0.15) is 5.82 Å². The van der Waals surface area contributed by atoms with E-state index >= 15 is 0 Å². The van der Waals surface area contributed by atoms with Crippen LogP contribution in [0.5, 0.6) is 0 Å². The Labute approximate surface area is 190 Å². The number of aromatic amines is 1. The van der Waals surface area contributed by atoms with Crippen LogP contribution in [0.2, 0.25) is 5.02 Å². The second-order valence-electron chi connectivity index (χ2n) is 8.02. The van der Waals surface area contributed by atoms with E-state index in [1.807, 2.05) is 43.7 Å². The first-order valence-electron chi connectivity index (χ1n) is 10.7. The van der Waals surface area contributed by atoms with Crippen molar-refractivity contribution >= 4 is 39.2 Å². The van der Waals surface area contributed by atoms with Crippen molar-refractivity contribution in [1.82, 2.24) is 19.5 Å². The van der Waals surface area contributed by atoms with Gasteiger partial charge in [-0.05, 0) is 37.3 Å². The Hall–Kier alpha value is -3.35. The number of hydrogen-bond acceptors (Lipinski definition) is 4. The average Bonchev–Trinajstić information content (AvgIpc) is 3.47. The number of hydrogen-bond donors (Lipinski definition) is 1. The summed E-state index contributed by atoms with van der Waals surface area (Å²) in [5.74, 6) is 0.920. The van der Waals surface area contributed by atoms with Gasteiger partial charge in [0.05, 0.1) is 40.5 Å². The van der Waals surface area contributed by atoms with Gasteiger partial charge in [0.15, 0.2) is 0 Å². The van der Waals surface area contributed by atoms with E-state index in [2.05, 4.69) is 43.7 Å². The Morgan fingerprint density at radius 1 is 1.06 bits per heavy atom. The smallest absolute Gasteiger partial charge is 0.111 e. The quantitative estimate of drug-likeness (QED) is 0.407. The highest BCUT2D eigenvalue weighted by atomic mass is 35.5. The Kier molecular flexibility index (Phi) is 4.63. The summed E-state index contributed by atoms with van der Waals surface area (Å²) in [5.41, 5.74) is 7.27. The third-order valence-electron chi connectivity index (χ3n) is 6.14. The van der Waals surface area contributed by atoms with Gasteiger partial charge in [0, 0.05) is 53.9 Å². The van der Waals surface area contributed by atoms with Crippen molar-refractivity contribution in [2.24, 2.45) is 0 Å². The molecule has 6 nitrogen and oxygen atoms in total. The molecule has 0 unspecified atom stereocenters. The Morgan fingerprint density at radius 2 is 1.94 bits per heavy atom. The summed E-state index contributed by atoms with van der Waals surface area (Å²) in [4.78, 5) is 15.1. The van der Waals surface area contributed by atoms with Crippen LogP contribution in [-0.2, 0) is 4.74 Å². The maximum Gasteiger partial charge on any atom is 0.111 e. The van der Waals surface area contributed by atoms with Crippen LogP contribution in [0, 0.1) is 6.92 Å². The van der Waals surface area contributed by atoms with Gasteiger partial charge < -0.3 is 14.6 Å². The number of imidazole rings is 1. The van der Waals surface area contributed by atoms with E-state index < -0.39 is 0 Å². The molecule has 160 valence electrons. The topological polar surface area (TPSA) is 59.0 Å². The van der Waals surface area contributed by atoms with Gasteiger partial charge in [-0.2, -0.15) is 0 Å². The number of anilines is 1. The number of fused-ring (bicyclic) bond motifs is 2. The molecule has 0 bridgehead atoms. The minimum Gasteiger partial charge on any atom is -0.378 e. The number of nitrogens with zero attached hydrogens (tertiary/aromatic N) is 4. The zero-order chi connectivity index (χ0) is 21.7. The summed E-state index contributed by atoms with van der Waals surface area (Å²) in [6, 6.07) is 14.5. The maximum absolute atomic E-state index is 6.46. The minimum absolute atomic E-state index is 0.647. The highest BCUT2D eigenvalue weighted by Gasteiger charge is 2.20. The molecule has 5 aromatic rings. The van der Waals surface area contributed by atoms with E-state index in [0.717, 1.165) is 70.9 Å². The molecular formula is C25H22ClN5O. The third kappa shape index (κ3) is 3.06. The first-order valence-corrected chi connectivity index (χ1v) is 11.1. The summed E-state index contributed by atoms with van der Waals surface area (Å²) in [6.45, 7) is 5.27. The molecule has 6 rings (SSSR count). The largest absolute Gasteiger partial charge is 0.378 e. The zero-order valence-electron chi connectivity index (χ0n) is 17.7. The molecule has 2 aromatic carbocycles. The number of rotatable bonds is 3. The van der Waals surface area contributed by atoms with Gasteiger partial charge in [-0.1, -0.05) is 23.7 Å². The van der Waals surface area contributed by atoms with Crippen LogP contribution in [0.4, 0.5) is 5.69 Å². The van der Waals surface area contributed by atoms with Gasteiger partial charge in [-0.15, -0.1) is 0 Å². The number of nitrogens with one attached hydrogen (secondary N) is 1. The number of aryl methyl sites for hydroxylation is 1. The molecular weight excluding hydrogens is 422 g/mol. The summed E-state index contributed by atoms with van der Waals surface area (Å²) < 4.78 is 7.80. The second-order valence-corrected chi connectivity index (χ2v) is 8.43. The highest BCUT2D eigenvalue weighted by Crippen LogP contribution is 2.37. The number of para-hydroxylation sites is 1. The number of halogens is 1. The molecule has 1 N–H and O–H groups in total. The summed E-state index contributed by atoms with van der Waals surface area (Å²) in [6.07, 6.45) is 5.78. The molecule has 0 radical (unpaired) electrons. The van der Waals surface area contributed by atoms with E-state index in [0.29, 0.717) is 5.02 Å². The lowest BCUT2D eigenvalue weighted by Crippen LogP contribution is -2.36. The van der Waals surface area contributed by atoms with Crippen molar-refractivity contribution in [3.8, 4) is 16.8 Å². The number of aromatic nitrogens is 4. The monoisotopic (exact) mass is 443 g/mol. The molecule has 1 aliphatic rings. The molecule has 0 amide bonds. The normalized spacial score (nSPS) is 14.5. The minimum atomic E-state index is 0.647. The molecule has 3 aromatic heterocycles. The predicted molar refractivity (Wildman–Crippen MR) is 129 cm³/mol. The number of pyridine rings is 1. The van der Waals surface area contributed by atoms with Crippen LogP contribution in [0.3, 0.4) is 0 Å². The molecule has 0 spiro atoms. The molecule has 0 atom stereocenters. The molecule has 32 heavy (non-hydrogen) atoms. The van der Waals surface area contributed by atoms with Gasteiger partial charge in [0.1, 0.15) is 5.82 Å². The number of ether oxygens (including phenoxy) is 1. The lowest BCUT2D eigenvalue weighted by atomic mass is 10.0. The predicted octanol–water partition coefficient (Wildman–Crippen LogP) is 5.37. The second kappa shape index (κ2) is 7.65. The summed E-state index contributed by atoms with van der Waals surface area (Å²) >= 11 is 6.46. The third-order valence-corrected chi connectivity index (χ3v) is 6.44. The molecule has 1 saturated heterocycles.